The highest BCUT2D eigenvalue weighted by molar-refractivity contribution is 5.44. The molecule has 6 heteroatoms. The number of rotatable bonds is 6. The van der Waals surface area contributed by atoms with Crippen LogP contribution in [0.2, 0.25) is 0 Å². The molecule has 2 aromatic carbocycles. The molecule has 0 aliphatic carbocycles. The number of benzene rings is 2. The molecule has 0 radical (unpaired) electrons. The lowest BCUT2D eigenvalue weighted by Crippen LogP contribution is -2.13. The van der Waals surface area contributed by atoms with Crippen LogP contribution in [0.5, 0.6) is 11.5 Å². The van der Waals surface area contributed by atoms with Gasteiger partial charge in [0.15, 0.2) is 11.5 Å². The molecule has 0 amide bonds. The molecule has 0 saturated carbocycles. The number of nitro benzene ring substituents is 1. The van der Waals surface area contributed by atoms with Crippen LogP contribution in [0.1, 0.15) is 17.2 Å². The SMILES string of the molecule is COc1ccc(C(N)Cc2ccc([N+](=O)[O-])cc2)cc1OC. The number of hydrogen-bond donors (Lipinski definition) is 1. The summed E-state index contributed by atoms with van der Waals surface area (Å²) in [4.78, 5) is 10.2. The molecule has 0 heterocycles. The van der Waals surface area contributed by atoms with Gasteiger partial charge in [-0.15, -0.1) is 0 Å². The highest BCUT2D eigenvalue weighted by Crippen LogP contribution is 2.30. The highest BCUT2D eigenvalue weighted by atomic mass is 16.6. The van der Waals surface area contributed by atoms with Crippen molar-refractivity contribution in [2.24, 2.45) is 5.73 Å². The topological polar surface area (TPSA) is 87.6 Å². The quantitative estimate of drug-likeness (QED) is 0.655. The Kier molecular flexibility index (Phi) is 4.95. The van der Waals surface area contributed by atoms with Gasteiger partial charge >= 0.3 is 0 Å². The zero-order valence-electron chi connectivity index (χ0n) is 12.5. The van der Waals surface area contributed by atoms with Crippen molar-refractivity contribution in [2.45, 2.75) is 12.5 Å². The number of nitrogens with two attached hydrogens (primary N) is 1. The van der Waals surface area contributed by atoms with Crippen molar-refractivity contribution in [1.82, 2.24) is 0 Å². The molecule has 0 spiro atoms. The van der Waals surface area contributed by atoms with E-state index in [1.54, 1.807) is 26.4 Å². The third-order valence-electron chi connectivity index (χ3n) is 3.44. The largest absolute Gasteiger partial charge is 0.493 e. The summed E-state index contributed by atoms with van der Waals surface area (Å²) in [6.45, 7) is 0. The summed E-state index contributed by atoms with van der Waals surface area (Å²) in [7, 11) is 3.15. The van der Waals surface area contributed by atoms with Gasteiger partial charge in [-0.05, 0) is 29.7 Å². The van der Waals surface area contributed by atoms with Crippen molar-refractivity contribution >= 4 is 5.69 Å². The molecule has 0 aromatic heterocycles. The lowest BCUT2D eigenvalue weighted by Gasteiger charge is -2.15. The van der Waals surface area contributed by atoms with Crippen LogP contribution >= 0.6 is 0 Å². The summed E-state index contributed by atoms with van der Waals surface area (Å²) in [6, 6.07) is 11.7. The molecule has 1 unspecified atom stereocenters. The Hall–Kier alpha value is -2.60. The molecule has 2 rings (SSSR count). The molecule has 2 aromatic rings. The van der Waals surface area contributed by atoms with Crippen LogP contribution in [-0.4, -0.2) is 19.1 Å². The van der Waals surface area contributed by atoms with E-state index in [2.05, 4.69) is 0 Å². The van der Waals surface area contributed by atoms with Crippen molar-refractivity contribution in [3.05, 3.63) is 63.7 Å². The molecule has 0 saturated heterocycles. The number of nitrogens with zero attached hydrogens (tertiary/aromatic N) is 1. The van der Waals surface area contributed by atoms with Crippen LogP contribution in [0.25, 0.3) is 0 Å². The zero-order valence-corrected chi connectivity index (χ0v) is 12.5. The summed E-state index contributed by atoms with van der Waals surface area (Å²) in [5, 5.41) is 10.6. The standard InChI is InChI=1S/C16H18N2O4/c1-21-15-8-5-12(10-16(15)22-2)14(17)9-11-3-6-13(7-4-11)18(19)20/h3-8,10,14H,9,17H2,1-2H3. The van der Waals surface area contributed by atoms with Crippen molar-refractivity contribution < 1.29 is 14.4 Å². The van der Waals surface area contributed by atoms with E-state index < -0.39 is 4.92 Å². The Morgan fingerprint density at radius 1 is 1.09 bits per heavy atom. The first-order chi connectivity index (χ1) is 10.5. The van der Waals surface area contributed by atoms with Gasteiger partial charge in [-0.1, -0.05) is 18.2 Å². The van der Waals surface area contributed by atoms with Crippen molar-refractivity contribution in [2.75, 3.05) is 14.2 Å². The van der Waals surface area contributed by atoms with Gasteiger partial charge in [0.25, 0.3) is 5.69 Å². The molecule has 0 aliphatic heterocycles. The predicted molar refractivity (Wildman–Crippen MR) is 83.3 cm³/mol. The van der Waals surface area contributed by atoms with Gasteiger partial charge < -0.3 is 15.2 Å². The molecule has 1 atom stereocenters. The fourth-order valence-corrected chi connectivity index (χ4v) is 2.21. The van der Waals surface area contributed by atoms with Gasteiger partial charge in [-0.25, -0.2) is 0 Å². The van der Waals surface area contributed by atoms with Gasteiger partial charge in [-0.2, -0.15) is 0 Å². The molecule has 0 fully saturated rings. The summed E-state index contributed by atoms with van der Waals surface area (Å²) in [5.74, 6) is 1.27. The first-order valence-electron chi connectivity index (χ1n) is 6.76. The van der Waals surface area contributed by atoms with E-state index in [4.69, 9.17) is 15.2 Å². The second kappa shape index (κ2) is 6.91. The van der Waals surface area contributed by atoms with Crippen molar-refractivity contribution in [3.63, 3.8) is 0 Å². The minimum atomic E-state index is -0.419. The summed E-state index contributed by atoms with van der Waals surface area (Å²) >= 11 is 0. The number of nitro groups is 1. The lowest BCUT2D eigenvalue weighted by atomic mass is 9.99. The minimum Gasteiger partial charge on any atom is -0.493 e. The van der Waals surface area contributed by atoms with Crippen LogP contribution in [-0.2, 0) is 6.42 Å². The molecule has 2 N–H and O–H groups in total. The monoisotopic (exact) mass is 302 g/mol. The van der Waals surface area contributed by atoms with Crippen LogP contribution in [0.4, 0.5) is 5.69 Å². The molecule has 0 bridgehead atoms. The summed E-state index contributed by atoms with van der Waals surface area (Å²) < 4.78 is 10.5. The van der Waals surface area contributed by atoms with Gasteiger partial charge in [0.05, 0.1) is 19.1 Å². The van der Waals surface area contributed by atoms with Crippen LogP contribution in [0, 0.1) is 10.1 Å². The maximum Gasteiger partial charge on any atom is 0.269 e. The average Bonchev–Trinajstić information content (AvgIpc) is 2.54. The second-order valence-electron chi connectivity index (χ2n) is 4.85. The smallest absolute Gasteiger partial charge is 0.269 e. The molecule has 116 valence electrons. The van der Waals surface area contributed by atoms with Gasteiger partial charge in [0.1, 0.15) is 0 Å². The molecule has 6 nitrogen and oxygen atoms in total. The first-order valence-corrected chi connectivity index (χ1v) is 6.76. The van der Waals surface area contributed by atoms with E-state index in [9.17, 15) is 10.1 Å². The fraction of sp³-hybridized carbons (Fsp3) is 0.250. The Balaban J connectivity index is 2.14. The Morgan fingerprint density at radius 2 is 1.73 bits per heavy atom. The summed E-state index contributed by atoms with van der Waals surface area (Å²) in [6.07, 6.45) is 0.577. The first kappa shape index (κ1) is 15.8. The van der Waals surface area contributed by atoms with Crippen molar-refractivity contribution in [1.29, 1.82) is 0 Å². The average molecular weight is 302 g/mol. The molecular weight excluding hydrogens is 284 g/mol. The highest BCUT2D eigenvalue weighted by Gasteiger charge is 2.12. The van der Waals surface area contributed by atoms with E-state index >= 15 is 0 Å². The maximum absolute atomic E-state index is 10.6. The number of ether oxygens (including phenoxy) is 2. The Bertz CT molecular complexity index is 656. The second-order valence-corrected chi connectivity index (χ2v) is 4.85. The Labute approximate surface area is 128 Å². The molecular formula is C16H18N2O4. The van der Waals surface area contributed by atoms with Gasteiger partial charge in [0.2, 0.25) is 0 Å². The van der Waals surface area contributed by atoms with Gasteiger partial charge in [0, 0.05) is 18.2 Å². The van der Waals surface area contributed by atoms with Gasteiger partial charge in [-0.3, -0.25) is 10.1 Å². The lowest BCUT2D eigenvalue weighted by molar-refractivity contribution is -0.384. The third-order valence-corrected chi connectivity index (χ3v) is 3.44. The Morgan fingerprint density at radius 3 is 2.27 bits per heavy atom. The van der Waals surface area contributed by atoms with E-state index in [1.165, 1.54) is 12.1 Å². The molecule has 0 aliphatic rings. The van der Waals surface area contributed by atoms with Crippen LogP contribution < -0.4 is 15.2 Å². The normalized spacial score (nSPS) is 11.8. The fourth-order valence-electron chi connectivity index (χ4n) is 2.21. The minimum absolute atomic E-state index is 0.0726. The number of non-ortho nitro benzene ring substituents is 1. The van der Waals surface area contributed by atoms with E-state index in [0.29, 0.717) is 17.9 Å². The van der Waals surface area contributed by atoms with E-state index in [-0.39, 0.29) is 11.7 Å². The summed E-state index contributed by atoms with van der Waals surface area (Å²) in [5.41, 5.74) is 8.13. The number of methoxy groups -OCH3 is 2. The third kappa shape index (κ3) is 3.53. The number of hydrogen-bond acceptors (Lipinski definition) is 5. The van der Waals surface area contributed by atoms with Crippen molar-refractivity contribution in [3.8, 4) is 11.5 Å². The van der Waals surface area contributed by atoms with E-state index in [0.717, 1.165) is 11.1 Å². The maximum atomic E-state index is 10.6. The molecule has 22 heavy (non-hydrogen) atoms. The van der Waals surface area contributed by atoms with E-state index in [1.807, 2.05) is 18.2 Å². The van der Waals surface area contributed by atoms with Crippen LogP contribution in [0.15, 0.2) is 42.5 Å². The zero-order chi connectivity index (χ0) is 16.1. The predicted octanol–water partition coefficient (Wildman–Crippen LogP) is 2.85. The van der Waals surface area contributed by atoms with Crippen LogP contribution in [0.3, 0.4) is 0 Å².